The Balaban J connectivity index is 2.66. The topological polar surface area (TPSA) is 18.5 Å². The molecule has 0 unspecified atom stereocenters. The molecule has 83 valence electrons. The van der Waals surface area contributed by atoms with Crippen molar-refractivity contribution in [1.82, 2.24) is 0 Å². The maximum Gasteiger partial charge on any atom is 0.573 e. The van der Waals surface area contributed by atoms with E-state index in [2.05, 4.69) is 11.7 Å². The number of halogens is 3. The molecule has 0 heterocycles. The van der Waals surface area contributed by atoms with Gasteiger partial charge in [0.05, 0.1) is 6.61 Å². The second-order valence-corrected chi connectivity index (χ2v) is 2.75. The fourth-order valence-corrected chi connectivity index (χ4v) is 1.02. The van der Waals surface area contributed by atoms with Crippen molar-refractivity contribution in [2.45, 2.75) is 13.0 Å². The molecule has 0 aliphatic heterocycles. The van der Waals surface area contributed by atoms with Gasteiger partial charge in [-0.25, -0.2) is 0 Å². The number of benzene rings is 1. The van der Waals surface area contributed by atoms with Gasteiger partial charge in [0.15, 0.2) is 0 Å². The lowest BCUT2D eigenvalue weighted by Gasteiger charge is -2.09. The number of rotatable bonds is 4. The van der Waals surface area contributed by atoms with E-state index in [-0.39, 0.29) is 19.0 Å². The van der Waals surface area contributed by atoms with Crippen molar-refractivity contribution < 1.29 is 22.6 Å². The SMILES string of the molecule is [CH2]COCc1cccc(OC(F)(F)F)c1. The highest BCUT2D eigenvalue weighted by Crippen LogP contribution is 2.23. The number of alkyl halides is 3. The first-order valence-electron chi connectivity index (χ1n) is 4.23. The summed E-state index contributed by atoms with van der Waals surface area (Å²) in [5.41, 5.74) is 0.611. The van der Waals surface area contributed by atoms with E-state index < -0.39 is 6.36 Å². The molecule has 5 heteroatoms. The number of ether oxygens (including phenoxy) is 2. The van der Waals surface area contributed by atoms with Crippen molar-refractivity contribution in [2.75, 3.05) is 6.61 Å². The molecule has 15 heavy (non-hydrogen) atoms. The summed E-state index contributed by atoms with van der Waals surface area (Å²) in [5, 5.41) is 0. The Morgan fingerprint density at radius 3 is 2.60 bits per heavy atom. The Bertz CT molecular complexity index is 310. The summed E-state index contributed by atoms with van der Waals surface area (Å²) in [5.74, 6) is -0.243. The quantitative estimate of drug-likeness (QED) is 0.775. The van der Waals surface area contributed by atoms with Crippen LogP contribution >= 0.6 is 0 Å². The van der Waals surface area contributed by atoms with Crippen LogP contribution in [-0.2, 0) is 11.3 Å². The van der Waals surface area contributed by atoms with Gasteiger partial charge >= 0.3 is 6.36 Å². The standard InChI is InChI=1S/C10H10F3O2/c1-2-14-7-8-4-3-5-9(6-8)15-10(11,12)13/h3-6H,1-2,7H2. The molecule has 0 aliphatic rings. The average molecular weight is 219 g/mol. The van der Waals surface area contributed by atoms with Crippen LogP contribution < -0.4 is 4.74 Å². The summed E-state index contributed by atoms with van der Waals surface area (Å²) in [6.45, 7) is 3.94. The largest absolute Gasteiger partial charge is 0.573 e. The van der Waals surface area contributed by atoms with Gasteiger partial charge in [-0.05, 0) is 24.6 Å². The van der Waals surface area contributed by atoms with Gasteiger partial charge in [0.1, 0.15) is 5.75 Å². The van der Waals surface area contributed by atoms with Gasteiger partial charge in [-0.15, -0.1) is 13.2 Å². The van der Waals surface area contributed by atoms with Gasteiger partial charge in [-0.1, -0.05) is 12.1 Å². The van der Waals surface area contributed by atoms with Crippen LogP contribution in [0.3, 0.4) is 0 Å². The van der Waals surface area contributed by atoms with E-state index in [4.69, 9.17) is 4.74 Å². The molecule has 1 radical (unpaired) electrons. The third-order valence-corrected chi connectivity index (χ3v) is 1.55. The van der Waals surface area contributed by atoms with Gasteiger partial charge in [0.2, 0.25) is 0 Å². The Hall–Kier alpha value is -1.23. The predicted octanol–water partition coefficient (Wildman–Crippen LogP) is 2.94. The van der Waals surface area contributed by atoms with Crippen molar-refractivity contribution in [3.05, 3.63) is 36.8 Å². The Morgan fingerprint density at radius 2 is 2.00 bits per heavy atom. The Kier molecular flexibility index (Phi) is 3.96. The molecule has 0 fully saturated rings. The van der Waals surface area contributed by atoms with E-state index in [1.807, 2.05) is 0 Å². The van der Waals surface area contributed by atoms with E-state index in [9.17, 15) is 13.2 Å². The Morgan fingerprint density at radius 1 is 1.27 bits per heavy atom. The van der Waals surface area contributed by atoms with Gasteiger partial charge in [-0.3, -0.25) is 0 Å². The minimum absolute atomic E-state index is 0.221. The maximum atomic E-state index is 11.9. The van der Waals surface area contributed by atoms with Crippen molar-refractivity contribution in [3.63, 3.8) is 0 Å². The van der Waals surface area contributed by atoms with Crippen LogP contribution in [-0.4, -0.2) is 13.0 Å². The molecule has 0 bridgehead atoms. The fourth-order valence-electron chi connectivity index (χ4n) is 1.02. The zero-order valence-electron chi connectivity index (χ0n) is 7.88. The van der Waals surface area contributed by atoms with Crippen LogP contribution in [0.15, 0.2) is 24.3 Å². The lowest BCUT2D eigenvalue weighted by molar-refractivity contribution is -0.274. The molecular weight excluding hydrogens is 209 g/mol. The third kappa shape index (κ3) is 4.69. The van der Waals surface area contributed by atoms with Crippen molar-refractivity contribution in [1.29, 1.82) is 0 Å². The van der Waals surface area contributed by atoms with Gasteiger partial charge < -0.3 is 9.47 Å². The van der Waals surface area contributed by atoms with Crippen LogP contribution in [0.4, 0.5) is 13.2 Å². The molecule has 1 aromatic rings. The molecule has 1 rings (SSSR count). The lowest BCUT2D eigenvalue weighted by Crippen LogP contribution is -2.17. The molecule has 0 spiro atoms. The molecular formula is C10H10F3O2. The normalized spacial score (nSPS) is 11.5. The predicted molar refractivity (Wildman–Crippen MR) is 48.1 cm³/mol. The highest BCUT2D eigenvalue weighted by atomic mass is 19.4. The van der Waals surface area contributed by atoms with Crippen molar-refractivity contribution in [3.8, 4) is 5.75 Å². The van der Waals surface area contributed by atoms with E-state index in [0.29, 0.717) is 5.56 Å². The zero-order chi connectivity index (χ0) is 11.3. The third-order valence-electron chi connectivity index (χ3n) is 1.55. The molecule has 1 aromatic carbocycles. The van der Waals surface area contributed by atoms with Crippen LogP contribution in [0.25, 0.3) is 0 Å². The first-order valence-corrected chi connectivity index (χ1v) is 4.23. The molecule has 0 saturated heterocycles. The minimum Gasteiger partial charge on any atom is -0.406 e. The first kappa shape index (κ1) is 11.8. The van der Waals surface area contributed by atoms with Gasteiger partial charge in [-0.2, -0.15) is 0 Å². The Labute approximate surface area is 85.6 Å². The van der Waals surface area contributed by atoms with E-state index >= 15 is 0 Å². The second kappa shape index (κ2) is 5.02. The fraction of sp³-hybridized carbons (Fsp3) is 0.300. The monoisotopic (exact) mass is 219 g/mol. The molecule has 2 nitrogen and oxygen atoms in total. The molecule has 0 atom stereocenters. The summed E-state index contributed by atoms with van der Waals surface area (Å²) in [6, 6.07) is 5.64. The van der Waals surface area contributed by atoms with Crippen LogP contribution in [0.5, 0.6) is 5.75 Å². The molecule has 0 aliphatic carbocycles. The summed E-state index contributed by atoms with van der Waals surface area (Å²) >= 11 is 0. The summed E-state index contributed by atoms with van der Waals surface area (Å²) in [7, 11) is 0. The van der Waals surface area contributed by atoms with Crippen LogP contribution in [0.2, 0.25) is 0 Å². The van der Waals surface area contributed by atoms with E-state index in [1.165, 1.54) is 18.2 Å². The molecule has 0 N–H and O–H groups in total. The highest BCUT2D eigenvalue weighted by Gasteiger charge is 2.31. The lowest BCUT2D eigenvalue weighted by atomic mass is 10.2. The van der Waals surface area contributed by atoms with Gasteiger partial charge in [0.25, 0.3) is 0 Å². The van der Waals surface area contributed by atoms with Gasteiger partial charge in [0, 0.05) is 6.61 Å². The zero-order valence-corrected chi connectivity index (χ0v) is 7.88. The summed E-state index contributed by atoms with van der Waals surface area (Å²) < 4.78 is 44.3. The van der Waals surface area contributed by atoms with Crippen molar-refractivity contribution >= 4 is 0 Å². The first-order chi connectivity index (χ1) is 7.01. The summed E-state index contributed by atoms with van der Waals surface area (Å²) in [4.78, 5) is 0. The number of hydrogen-bond donors (Lipinski definition) is 0. The van der Waals surface area contributed by atoms with Crippen molar-refractivity contribution in [2.24, 2.45) is 0 Å². The van der Waals surface area contributed by atoms with Crippen LogP contribution in [0.1, 0.15) is 5.56 Å². The molecule has 0 saturated carbocycles. The average Bonchev–Trinajstić information content (AvgIpc) is 2.12. The smallest absolute Gasteiger partial charge is 0.406 e. The van der Waals surface area contributed by atoms with E-state index in [0.717, 1.165) is 0 Å². The molecule has 0 aromatic heterocycles. The minimum atomic E-state index is -4.66. The highest BCUT2D eigenvalue weighted by molar-refractivity contribution is 5.28. The summed E-state index contributed by atoms with van der Waals surface area (Å²) in [6.07, 6.45) is -4.66. The maximum absolute atomic E-state index is 11.9. The van der Waals surface area contributed by atoms with E-state index in [1.54, 1.807) is 6.07 Å². The second-order valence-electron chi connectivity index (χ2n) is 2.75. The molecule has 0 amide bonds. The van der Waals surface area contributed by atoms with Crippen LogP contribution in [0, 0.1) is 6.92 Å². The number of hydrogen-bond acceptors (Lipinski definition) is 2.